The van der Waals surface area contributed by atoms with Crippen LogP contribution in [0.15, 0.2) is 35.6 Å². The van der Waals surface area contributed by atoms with E-state index in [1.54, 1.807) is 0 Å². The molecule has 2 heterocycles. The van der Waals surface area contributed by atoms with Gasteiger partial charge in [0, 0.05) is 19.4 Å². The third-order valence-corrected chi connectivity index (χ3v) is 4.06. The van der Waals surface area contributed by atoms with Crippen LogP contribution in [0.1, 0.15) is 0 Å². The van der Waals surface area contributed by atoms with Gasteiger partial charge in [0.2, 0.25) is 5.91 Å². The minimum atomic E-state index is -3.78. The summed E-state index contributed by atoms with van der Waals surface area (Å²) in [4.78, 5) is 14.9. The van der Waals surface area contributed by atoms with Crippen molar-refractivity contribution in [2.24, 2.45) is 0 Å². The maximum atomic E-state index is 12.1. The molecule has 21 heavy (non-hydrogen) atoms. The molecule has 2 aromatic heterocycles. The normalized spacial score (nSPS) is 11.1. The lowest BCUT2D eigenvalue weighted by Gasteiger charge is -2.05. The van der Waals surface area contributed by atoms with E-state index < -0.39 is 10.0 Å². The Morgan fingerprint density at radius 3 is 2.90 bits per heavy atom. The van der Waals surface area contributed by atoms with Crippen LogP contribution in [0.5, 0.6) is 0 Å². The van der Waals surface area contributed by atoms with Gasteiger partial charge in [-0.15, -0.1) is 0 Å². The lowest BCUT2D eigenvalue weighted by molar-refractivity contribution is -0.121. The van der Waals surface area contributed by atoms with Crippen LogP contribution in [0, 0.1) is 0 Å². The van der Waals surface area contributed by atoms with Crippen molar-refractivity contribution in [3.63, 3.8) is 0 Å². The summed E-state index contributed by atoms with van der Waals surface area (Å²) in [6.07, 6.45) is 4.02. The molecule has 0 aromatic carbocycles. The van der Waals surface area contributed by atoms with Crippen LogP contribution in [0.4, 0.5) is 5.69 Å². The SMILES string of the molecule is CNC(=O)Cn1cc(NS(=O)(=O)c2ccnc(Cl)c2)cn1. The van der Waals surface area contributed by atoms with E-state index >= 15 is 0 Å². The first kappa shape index (κ1) is 15.3. The summed E-state index contributed by atoms with van der Waals surface area (Å²) in [5.41, 5.74) is 0.242. The molecule has 0 atom stereocenters. The molecule has 0 spiro atoms. The summed E-state index contributed by atoms with van der Waals surface area (Å²) in [6, 6.07) is 2.56. The van der Waals surface area contributed by atoms with E-state index in [9.17, 15) is 13.2 Å². The van der Waals surface area contributed by atoms with E-state index in [2.05, 4.69) is 20.1 Å². The highest BCUT2D eigenvalue weighted by Crippen LogP contribution is 2.17. The molecular weight excluding hydrogens is 318 g/mol. The number of carbonyl (C=O) groups is 1. The van der Waals surface area contributed by atoms with Crippen molar-refractivity contribution in [1.29, 1.82) is 0 Å². The van der Waals surface area contributed by atoms with E-state index in [1.807, 2.05) is 0 Å². The smallest absolute Gasteiger partial charge is 0.262 e. The summed E-state index contributed by atoms with van der Waals surface area (Å²) >= 11 is 5.67. The molecule has 0 saturated carbocycles. The highest BCUT2D eigenvalue weighted by Gasteiger charge is 2.16. The Morgan fingerprint density at radius 1 is 1.48 bits per heavy atom. The Balaban J connectivity index is 2.16. The van der Waals surface area contributed by atoms with Gasteiger partial charge in [0.1, 0.15) is 11.7 Å². The largest absolute Gasteiger partial charge is 0.358 e. The third-order valence-electron chi connectivity index (χ3n) is 2.48. The van der Waals surface area contributed by atoms with Gasteiger partial charge in [0.05, 0.1) is 16.8 Å². The number of hydrogen-bond acceptors (Lipinski definition) is 5. The molecule has 0 aliphatic rings. The number of nitrogens with one attached hydrogen (secondary N) is 2. The van der Waals surface area contributed by atoms with Gasteiger partial charge >= 0.3 is 0 Å². The number of rotatable bonds is 5. The van der Waals surface area contributed by atoms with Crippen molar-refractivity contribution in [3.05, 3.63) is 35.9 Å². The monoisotopic (exact) mass is 329 g/mol. The van der Waals surface area contributed by atoms with Crippen LogP contribution in [0.3, 0.4) is 0 Å². The zero-order chi connectivity index (χ0) is 15.5. The highest BCUT2D eigenvalue weighted by molar-refractivity contribution is 7.92. The first-order valence-corrected chi connectivity index (χ1v) is 7.64. The zero-order valence-electron chi connectivity index (χ0n) is 10.9. The van der Waals surface area contributed by atoms with E-state index in [1.165, 1.54) is 42.5 Å². The Kier molecular flexibility index (Phi) is 4.43. The fourth-order valence-electron chi connectivity index (χ4n) is 1.49. The Morgan fingerprint density at radius 2 is 2.24 bits per heavy atom. The lowest BCUT2D eigenvalue weighted by Crippen LogP contribution is -2.23. The third kappa shape index (κ3) is 3.92. The minimum Gasteiger partial charge on any atom is -0.358 e. The minimum absolute atomic E-state index is 0.000682. The second-order valence-electron chi connectivity index (χ2n) is 4.02. The van der Waals surface area contributed by atoms with E-state index in [4.69, 9.17) is 11.6 Å². The van der Waals surface area contributed by atoms with Crippen molar-refractivity contribution >= 4 is 33.2 Å². The molecule has 10 heteroatoms. The van der Waals surface area contributed by atoms with E-state index in [0.29, 0.717) is 0 Å². The Labute approximate surface area is 126 Å². The zero-order valence-corrected chi connectivity index (χ0v) is 12.5. The Hall–Kier alpha value is -2.13. The second kappa shape index (κ2) is 6.10. The van der Waals surface area contributed by atoms with Crippen LogP contribution < -0.4 is 10.0 Å². The van der Waals surface area contributed by atoms with Crippen molar-refractivity contribution < 1.29 is 13.2 Å². The number of aromatic nitrogens is 3. The van der Waals surface area contributed by atoms with Gasteiger partial charge in [-0.05, 0) is 12.1 Å². The number of halogens is 1. The molecule has 0 saturated heterocycles. The predicted molar refractivity (Wildman–Crippen MR) is 76.3 cm³/mol. The van der Waals surface area contributed by atoms with Gasteiger partial charge in [-0.3, -0.25) is 14.2 Å². The number of pyridine rings is 1. The molecule has 0 bridgehead atoms. The molecule has 2 N–H and O–H groups in total. The van der Waals surface area contributed by atoms with Crippen LogP contribution in [-0.2, 0) is 21.4 Å². The van der Waals surface area contributed by atoms with Crippen LogP contribution in [0.25, 0.3) is 0 Å². The van der Waals surface area contributed by atoms with Crippen molar-refractivity contribution in [3.8, 4) is 0 Å². The molecule has 1 amide bonds. The number of amides is 1. The summed E-state index contributed by atoms with van der Waals surface area (Å²) < 4.78 is 27.9. The number of anilines is 1. The molecular formula is C11H12ClN5O3S. The summed E-state index contributed by atoms with van der Waals surface area (Å²) in [6.45, 7) is -0.000682. The van der Waals surface area contributed by atoms with Crippen molar-refractivity contribution in [2.75, 3.05) is 11.8 Å². The van der Waals surface area contributed by atoms with Gasteiger partial charge in [0.25, 0.3) is 10.0 Å². The van der Waals surface area contributed by atoms with E-state index in [0.717, 1.165) is 0 Å². The summed E-state index contributed by atoms with van der Waals surface area (Å²) in [5.74, 6) is -0.242. The van der Waals surface area contributed by atoms with Gasteiger partial charge < -0.3 is 5.32 Å². The lowest BCUT2D eigenvalue weighted by atomic mass is 10.5. The maximum absolute atomic E-state index is 12.1. The average Bonchev–Trinajstić information content (AvgIpc) is 2.85. The molecule has 0 radical (unpaired) electrons. The number of nitrogens with zero attached hydrogens (tertiary/aromatic N) is 3. The number of carbonyl (C=O) groups excluding carboxylic acids is 1. The first-order chi connectivity index (χ1) is 9.90. The second-order valence-corrected chi connectivity index (χ2v) is 6.09. The van der Waals surface area contributed by atoms with Crippen LogP contribution >= 0.6 is 11.6 Å². The van der Waals surface area contributed by atoms with Crippen LogP contribution in [0.2, 0.25) is 5.15 Å². The van der Waals surface area contributed by atoms with Gasteiger partial charge in [0.15, 0.2) is 0 Å². The molecule has 2 rings (SSSR count). The standard InChI is InChI=1S/C11H12ClN5O3S/c1-13-11(18)7-17-6-8(5-15-17)16-21(19,20)9-2-3-14-10(12)4-9/h2-6,16H,7H2,1H3,(H,13,18). The number of likely N-dealkylation sites (N-methyl/N-ethyl adjacent to an activating group) is 1. The maximum Gasteiger partial charge on any atom is 0.262 e. The first-order valence-electron chi connectivity index (χ1n) is 5.78. The fourth-order valence-corrected chi connectivity index (χ4v) is 2.77. The predicted octanol–water partition coefficient (Wildman–Crippen LogP) is 0.478. The molecule has 0 fully saturated rings. The fraction of sp³-hybridized carbons (Fsp3) is 0.182. The summed E-state index contributed by atoms with van der Waals surface area (Å²) in [5, 5.41) is 6.41. The molecule has 8 nitrogen and oxygen atoms in total. The quantitative estimate of drug-likeness (QED) is 0.776. The number of sulfonamides is 1. The molecule has 0 aliphatic heterocycles. The number of hydrogen-bond donors (Lipinski definition) is 2. The van der Waals surface area contributed by atoms with Gasteiger partial charge in [-0.2, -0.15) is 5.10 Å². The van der Waals surface area contributed by atoms with Gasteiger partial charge in [-0.1, -0.05) is 11.6 Å². The van der Waals surface area contributed by atoms with Crippen molar-refractivity contribution in [1.82, 2.24) is 20.1 Å². The van der Waals surface area contributed by atoms with Gasteiger partial charge in [-0.25, -0.2) is 13.4 Å². The Bertz CT molecular complexity index is 759. The van der Waals surface area contributed by atoms with Crippen molar-refractivity contribution in [2.45, 2.75) is 11.4 Å². The topological polar surface area (TPSA) is 106 Å². The summed E-state index contributed by atoms with van der Waals surface area (Å²) in [7, 11) is -2.28. The average molecular weight is 330 g/mol. The van der Waals surface area contributed by atoms with E-state index in [-0.39, 0.29) is 28.2 Å². The molecule has 112 valence electrons. The molecule has 0 unspecified atom stereocenters. The molecule has 2 aromatic rings. The highest BCUT2D eigenvalue weighted by atomic mass is 35.5. The molecule has 0 aliphatic carbocycles. The van der Waals surface area contributed by atoms with Crippen LogP contribution in [-0.4, -0.2) is 36.1 Å².